The third kappa shape index (κ3) is 4.67. The van der Waals surface area contributed by atoms with Crippen molar-refractivity contribution >= 4 is 33.0 Å². The van der Waals surface area contributed by atoms with Crippen LogP contribution in [0.1, 0.15) is 11.5 Å². The lowest BCUT2D eigenvalue weighted by Crippen LogP contribution is -2.46. The van der Waals surface area contributed by atoms with E-state index in [1.54, 1.807) is 12.1 Å². The fourth-order valence-corrected chi connectivity index (χ4v) is 5.56. The molecular formula is C26H24ClN3O3S. The van der Waals surface area contributed by atoms with Crippen LogP contribution in [-0.4, -0.2) is 39.6 Å². The Kier molecular flexibility index (Phi) is 6.30. The highest BCUT2D eigenvalue weighted by atomic mass is 35.5. The number of aromatic nitrogens is 1. The van der Waals surface area contributed by atoms with Gasteiger partial charge in [0, 0.05) is 43.3 Å². The molecule has 5 rings (SSSR count). The third-order valence-corrected chi connectivity index (χ3v) is 7.81. The Morgan fingerprint density at radius 1 is 0.794 bits per heavy atom. The normalized spacial score (nSPS) is 14.4. The summed E-state index contributed by atoms with van der Waals surface area (Å²) < 4.78 is 33.2. The second kappa shape index (κ2) is 9.52. The van der Waals surface area contributed by atoms with Gasteiger partial charge in [0.15, 0.2) is 0 Å². The maximum absolute atomic E-state index is 13.6. The molecule has 0 spiro atoms. The zero-order valence-corrected chi connectivity index (χ0v) is 20.0. The molecule has 0 bridgehead atoms. The van der Waals surface area contributed by atoms with Gasteiger partial charge in [-0.25, -0.2) is 8.42 Å². The summed E-state index contributed by atoms with van der Waals surface area (Å²) in [6.07, 6.45) is 0.411. The number of halogens is 1. The van der Waals surface area contributed by atoms with Gasteiger partial charge in [-0.1, -0.05) is 60.1 Å². The summed E-state index contributed by atoms with van der Waals surface area (Å²) >= 11 is 5.98. The summed E-state index contributed by atoms with van der Waals surface area (Å²) in [5, 5.41) is 0.426. The zero-order valence-electron chi connectivity index (χ0n) is 18.5. The lowest BCUT2D eigenvalue weighted by atomic mass is 10.2. The predicted octanol–water partition coefficient (Wildman–Crippen LogP) is 5.08. The molecule has 1 aliphatic rings. The quantitative estimate of drug-likeness (QED) is 0.373. The number of anilines is 2. The Morgan fingerprint density at radius 2 is 1.38 bits per heavy atom. The first-order chi connectivity index (χ1) is 16.5. The second-order valence-electron chi connectivity index (χ2n) is 8.15. The minimum atomic E-state index is -3.89. The highest BCUT2D eigenvalue weighted by molar-refractivity contribution is 7.91. The highest BCUT2D eigenvalue weighted by Crippen LogP contribution is 2.33. The van der Waals surface area contributed by atoms with Crippen LogP contribution >= 0.6 is 11.6 Å². The van der Waals surface area contributed by atoms with E-state index in [0.717, 1.165) is 24.3 Å². The monoisotopic (exact) mass is 493 g/mol. The molecule has 174 valence electrons. The summed E-state index contributed by atoms with van der Waals surface area (Å²) in [6, 6.07) is 26.1. The van der Waals surface area contributed by atoms with Crippen LogP contribution in [0.5, 0.6) is 0 Å². The van der Waals surface area contributed by atoms with Gasteiger partial charge in [-0.05, 0) is 42.0 Å². The van der Waals surface area contributed by atoms with Gasteiger partial charge in [-0.15, -0.1) is 0 Å². The van der Waals surface area contributed by atoms with Gasteiger partial charge >= 0.3 is 0 Å². The van der Waals surface area contributed by atoms with Gasteiger partial charge in [0.2, 0.25) is 26.6 Å². The molecular weight excluding hydrogens is 470 g/mol. The first-order valence-electron chi connectivity index (χ1n) is 11.1. The molecule has 3 aromatic carbocycles. The number of sulfone groups is 1. The number of rotatable bonds is 6. The van der Waals surface area contributed by atoms with Crippen molar-refractivity contribution in [3.63, 3.8) is 0 Å². The number of nitrogens with zero attached hydrogens (tertiary/aromatic N) is 3. The van der Waals surface area contributed by atoms with E-state index >= 15 is 0 Å². The van der Waals surface area contributed by atoms with Crippen molar-refractivity contribution in [3.05, 3.63) is 101 Å². The number of para-hydroxylation sites is 1. The van der Waals surface area contributed by atoms with E-state index in [1.807, 2.05) is 53.4 Å². The minimum Gasteiger partial charge on any atom is -0.423 e. The highest BCUT2D eigenvalue weighted by Gasteiger charge is 2.32. The number of benzene rings is 3. The van der Waals surface area contributed by atoms with E-state index in [0.29, 0.717) is 36.3 Å². The van der Waals surface area contributed by atoms with Crippen molar-refractivity contribution < 1.29 is 12.8 Å². The fraction of sp³-hybridized carbons (Fsp3) is 0.192. The lowest BCUT2D eigenvalue weighted by molar-refractivity contribution is 0.483. The average molecular weight is 494 g/mol. The Labute approximate surface area is 204 Å². The largest absolute Gasteiger partial charge is 0.423 e. The molecule has 0 saturated carbocycles. The molecule has 0 radical (unpaired) electrons. The molecule has 4 aromatic rings. The van der Waals surface area contributed by atoms with E-state index in [4.69, 9.17) is 16.0 Å². The van der Waals surface area contributed by atoms with Gasteiger partial charge in [0.25, 0.3) is 0 Å². The molecule has 8 heteroatoms. The Bertz CT molecular complexity index is 1350. The van der Waals surface area contributed by atoms with Gasteiger partial charge in [-0.3, -0.25) is 0 Å². The van der Waals surface area contributed by atoms with E-state index < -0.39 is 9.84 Å². The maximum Gasteiger partial charge on any atom is 0.236 e. The fourth-order valence-electron chi connectivity index (χ4n) is 4.09. The molecule has 1 aliphatic heterocycles. The van der Waals surface area contributed by atoms with Gasteiger partial charge in [0.05, 0.1) is 4.90 Å². The molecule has 1 saturated heterocycles. The van der Waals surface area contributed by atoms with Crippen LogP contribution in [0.4, 0.5) is 11.6 Å². The molecule has 34 heavy (non-hydrogen) atoms. The molecule has 0 aliphatic carbocycles. The zero-order chi connectivity index (χ0) is 23.5. The average Bonchev–Trinajstić information content (AvgIpc) is 3.30. The topological polar surface area (TPSA) is 66.7 Å². The molecule has 0 atom stereocenters. The van der Waals surface area contributed by atoms with E-state index in [9.17, 15) is 8.42 Å². The molecule has 1 aromatic heterocycles. The maximum atomic E-state index is 13.6. The van der Waals surface area contributed by atoms with Crippen molar-refractivity contribution in [2.75, 3.05) is 36.0 Å². The SMILES string of the molecule is O=S(=O)(c1ccc(Cl)cc1)c1nc(Cc2ccccc2)oc1N1CCN(c2ccccc2)CC1. The van der Waals surface area contributed by atoms with E-state index in [-0.39, 0.29) is 9.92 Å². The summed E-state index contributed by atoms with van der Waals surface area (Å²) in [5.41, 5.74) is 2.15. The molecule has 6 nitrogen and oxygen atoms in total. The van der Waals surface area contributed by atoms with Crippen LogP contribution in [0.3, 0.4) is 0 Å². The molecule has 2 heterocycles. The first-order valence-corrected chi connectivity index (χ1v) is 13.0. The van der Waals surface area contributed by atoms with Crippen molar-refractivity contribution in [3.8, 4) is 0 Å². The van der Waals surface area contributed by atoms with Crippen molar-refractivity contribution in [2.45, 2.75) is 16.3 Å². The third-order valence-electron chi connectivity index (χ3n) is 5.89. The van der Waals surface area contributed by atoms with Crippen LogP contribution in [-0.2, 0) is 16.3 Å². The van der Waals surface area contributed by atoms with Gasteiger partial charge < -0.3 is 14.2 Å². The predicted molar refractivity (Wildman–Crippen MR) is 134 cm³/mol. The number of hydrogen-bond donors (Lipinski definition) is 0. The number of oxazole rings is 1. The van der Waals surface area contributed by atoms with Crippen molar-refractivity contribution in [2.24, 2.45) is 0 Å². The van der Waals surface area contributed by atoms with Crippen molar-refractivity contribution in [1.82, 2.24) is 4.98 Å². The molecule has 0 N–H and O–H groups in total. The van der Waals surface area contributed by atoms with Crippen LogP contribution in [0, 0.1) is 0 Å². The lowest BCUT2D eigenvalue weighted by Gasteiger charge is -2.36. The standard InChI is InChI=1S/C26H24ClN3O3S/c27-21-11-13-23(14-12-21)34(31,32)25-26(33-24(28-25)19-20-7-3-1-4-8-20)30-17-15-29(16-18-30)22-9-5-2-6-10-22/h1-14H,15-19H2. The van der Waals surface area contributed by atoms with Crippen LogP contribution in [0.15, 0.2) is 99.3 Å². The summed E-state index contributed by atoms with van der Waals surface area (Å²) in [6.45, 7) is 2.74. The van der Waals surface area contributed by atoms with Crippen LogP contribution < -0.4 is 9.80 Å². The summed E-state index contributed by atoms with van der Waals surface area (Å²) in [5.74, 6) is 0.674. The first kappa shape index (κ1) is 22.5. The molecule has 1 fully saturated rings. The number of piperazine rings is 1. The summed E-state index contributed by atoms with van der Waals surface area (Å²) in [4.78, 5) is 8.88. The van der Waals surface area contributed by atoms with Gasteiger partial charge in [-0.2, -0.15) is 4.98 Å². The summed E-state index contributed by atoms with van der Waals surface area (Å²) in [7, 11) is -3.89. The molecule has 0 unspecified atom stereocenters. The molecule has 0 amide bonds. The van der Waals surface area contributed by atoms with Crippen molar-refractivity contribution in [1.29, 1.82) is 0 Å². The van der Waals surface area contributed by atoms with Crippen LogP contribution in [0.25, 0.3) is 0 Å². The van der Waals surface area contributed by atoms with E-state index in [1.165, 1.54) is 12.1 Å². The smallest absolute Gasteiger partial charge is 0.236 e. The second-order valence-corrected chi connectivity index (χ2v) is 10.4. The van der Waals surface area contributed by atoms with Gasteiger partial charge in [0.1, 0.15) is 0 Å². The van der Waals surface area contributed by atoms with E-state index in [2.05, 4.69) is 22.0 Å². The minimum absolute atomic E-state index is 0.0473. The Balaban J connectivity index is 1.47. The number of hydrogen-bond acceptors (Lipinski definition) is 6. The van der Waals surface area contributed by atoms with Crippen LogP contribution in [0.2, 0.25) is 5.02 Å². The Morgan fingerprint density at radius 3 is 2.03 bits per heavy atom. The Hall–Kier alpha value is -3.29.